The predicted octanol–water partition coefficient (Wildman–Crippen LogP) is 0.903. The molecule has 1 aliphatic rings. The van der Waals surface area contributed by atoms with Crippen LogP contribution in [0.3, 0.4) is 0 Å². The van der Waals surface area contributed by atoms with Gasteiger partial charge >= 0.3 is 5.97 Å². The first kappa shape index (κ1) is 10.5. The van der Waals surface area contributed by atoms with Crippen LogP contribution in [-0.2, 0) is 14.3 Å². The summed E-state index contributed by atoms with van der Waals surface area (Å²) in [5.41, 5.74) is -0.823. The van der Waals surface area contributed by atoms with E-state index in [1.165, 1.54) is 0 Å². The first-order valence-corrected chi connectivity index (χ1v) is 4.56. The van der Waals surface area contributed by atoms with Crippen LogP contribution in [0, 0.1) is 5.41 Å². The Labute approximate surface area is 77.8 Å². The van der Waals surface area contributed by atoms with Crippen LogP contribution in [0.25, 0.3) is 0 Å². The van der Waals surface area contributed by atoms with E-state index in [1.54, 1.807) is 6.92 Å². The summed E-state index contributed by atoms with van der Waals surface area (Å²) in [7, 11) is 0. The number of hydrogen-bond donors (Lipinski definition) is 1. The molecular formula is C9H16O4. The summed E-state index contributed by atoms with van der Waals surface area (Å²) in [4.78, 5) is 11.1. The summed E-state index contributed by atoms with van der Waals surface area (Å²) in [6.07, 6.45) is 0.292. The van der Waals surface area contributed by atoms with Crippen LogP contribution in [0.4, 0.5) is 0 Å². The van der Waals surface area contributed by atoms with Gasteiger partial charge in [0.2, 0.25) is 0 Å². The second kappa shape index (κ2) is 4.07. The molecule has 1 aliphatic heterocycles. The van der Waals surface area contributed by atoms with E-state index in [2.05, 4.69) is 0 Å². The van der Waals surface area contributed by atoms with Gasteiger partial charge in [-0.05, 0) is 20.3 Å². The Morgan fingerprint density at radius 1 is 1.77 bits per heavy atom. The van der Waals surface area contributed by atoms with Crippen molar-refractivity contribution in [2.24, 2.45) is 5.41 Å². The highest BCUT2D eigenvalue weighted by Crippen LogP contribution is 2.35. The molecular weight excluding hydrogens is 172 g/mol. The van der Waals surface area contributed by atoms with Crippen LogP contribution in [0.15, 0.2) is 0 Å². The molecule has 0 aromatic rings. The summed E-state index contributed by atoms with van der Waals surface area (Å²) in [6, 6.07) is 0. The number of aliphatic carboxylic acids is 1. The molecule has 0 aromatic heterocycles. The molecule has 2 unspecified atom stereocenters. The lowest BCUT2D eigenvalue weighted by Gasteiger charge is -2.26. The van der Waals surface area contributed by atoms with Gasteiger partial charge in [-0.2, -0.15) is 0 Å². The third-order valence-electron chi connectivity index (χ3n) is 2.68. The number of hydrogen-bond acceptors (Lipinski definition) is 3. The molecule has 0 aliphatic carbocycles. The highest BCUT2D eigenvalue weighted by Gasteiger charge is 2.48. The summed E-state index contributed by atoms with van der Waals surface area (Å²) in [6.45, 7) is 4.96. The molecule has 1 saturated heterocycles. The lowest BCUT2D eigenvalue weighted by atomic mass is 9.82. The molecule has 2 atom stereocenters. The summed E-state index contributed by atoms with van der Waals surface area (Å²) in [5.74, 6) is -0.814. The average Bonchev–Trinajstić information content (AvgIpc) is 2.45. The van der Waals surface area contributed by atoms with Crippen LogP contribution in [0.2, 0.25) is 0 Å². The number of carboxylic acids is 1. The normalized spacial score (nSPS) is 33.5. The number of carbonyl (C=O) groups is 1. The van der Waals surface area contributed by atoms with Gasteiger partial charge in [0.25, 0.3) is 0 Å². The van der Waals surface area contributed by atoms with E-state index in [4.69, 9.17) is 14.6 Å². The minimum atomic E-state index is -0.823. The summed E-state index contributed by atoms with van der Waals surface area (Å²) >= 11 is 0. The van der Waals surface area contributed by atoms with Crippen LogP contribution >= 0.6 is 0 Å². The Kier molecular flexibility index (Phi) is 3.27. The van der Waals surface area contributed by atoms with Crippen molar-refractivity contribution >= 4 is 5.97 Å². The number of ether oxygens (including phenoxy) is 2. The molecule has 0 amide bonds. The monoisotopic (exact) mass is 188 g/mol. The van der Waals surface area contributed by atoms with Crippen LogP contribution < -0.4 is 0 Å². The minimum absolute atomic E-state index is 0.250. The van der Waals surface area contributed by atoms with Crippen LogP contribution in [0.1, 0.15) is 20.3 Å². The van der Waals surface area contributed by atoms with E-state index in [-0.39, 0.29) is 12.7 Å². The zero-order valence-electron chi connectivity index (χ0n) is 8.08. The Balaban J connectivity index is 2.68. The lowest BCUT2D eigenvalue weighted by Crippen LogP contribution is -2.41. The van der Waals surface area contributed by atoms with Gasteiger partial charge in [0.1, 0.15) is 5.41 Å². The van der Waals surface area contributed by atoms with Gasteiger partial charge < -0.3 is 14.6 Å². The minimum Gasteiger partial charge on any atom is -0.481 e. The van der Waals surface area contributed by atoms with E-state index < -0.39 is 11.4 Å². The van der Waals surface area contributed by atoms with Crippen molar-refractivity contribution < 1.29 is 19.4 Å². The van der Waals surface area contributed by atoms with Gasteiger partial charge in [0.15, 0.2) is 0 Å². The predicted molar refractivity (Wildman–Crippen MR) is 46.6 cm³/mol. The third-order valence-corrected chi connectivity index (χ3v) is 2.68. The molecule has 4 heteroatoms. The zero-order chi connectivity index (χ0) is 9.90. The van der Waals surface area contributed by atoms with Crippen molar-refractivity contribution in [2.45, 2.75) is 26.4 Å². The molecule has 1 N–H and O–H groups in total. The maximum absolute atomic E-state index is 11.1. The van der Waals surface area contributed by atoms with Crippen molar-refractivity contribution in [2.75, 3.05) is 19.8 Å². The van der Waals surface area contributed by atoms with E-state index >= 15 is 0 Å². The Morgan fingerprint density at radius 2 is 2.46 bits per heavy atom. The van der Waals surface area contributed by atoms with Gasteiger partial charge in [0, 0.05) is 13.2 Å². The lowest BCUT2D eigenvalue weighted by molar-refractivity contribution is -0.156. The summed E-state index contributed by atoms with van der Waals surface area (Å²) in [5, 5.41) is 9.10. The Bertz CT molecular complexity index is 192. The second-order valence-electron chi connectivity index (χ2n) is 3.36. The highest BCUT2D eigenvalue weighted by molar-refractivity contribution is 5.76. The van der Waals surface area contributed by atoms with Gasteiger partial charge in [-0.25, -0.2) is 0 Å². The molecule has 1 rings (SSSR count). The molecule has 13 heavy (non-hydrogen) atoms. The van der Waals surface area contributed by atoms with E-state index in [0.717, 1.165) is 0 Å². The fourth-order valence-corrected chi connectivity index (χ4v) is 1.60. The Morgan fingerprint density at radius 3 is 2.85 bits per heavy atom. The second-order valence-corrected chi connectivity index (χ2v) is 3.36. The first-order valence-electron chi connectivity index (χ1n) is 4.56. The van der Waals surface area contributed by atoms with Crippen LogP contribution in [-0.4, -0.2) is 37.0 Å². The average molecular weight is 188 g/mol. The van der Waals surface area contributed by atoms with E-state index in [0.29, 0.717) is 19.6 Å². The van der Waals surface area contributed by atoms with Gasteiger partial charge in [-0.3, -0.25) is 4.79 Å². The maximum Gasteiger partial charge on any atom is 0.314 e. The van der Waals surface area contributed by atoms with Crippen molar-refractivity contribution in [3.05, 3.63) is 0 Å². The van der Waals surface area contributed by atoms with Gasteiger partial charge in [-0.15, -0.1) is 0 Å². The third kappa shape index (κ3) is 1.84. The molecule has 0 spiro atoms. The fraction of sp³-hybridized carbons (Fsp3) is 0.889. The quantitative estimate of drug-likeness (QED) is 0.712. The molecule has 1 heterocycles. The fourth-order valence-electron chi connectivity index (χ4n) is 1.60. The smallest absolute Gasteiger partial charge is 0.314 e. The number of carboxylic acid groups (broad SMARTS) is 1. The highest BCUT2D eigenvalue weighted by atomic mass is 16.5. The molecule has 76 valence electrons. The standard InChI is InChI=1S/C9H16O4/c1-3-12-6-9(8(10)11)4-5-13-7(9)2/h7H,3-6H2,1-2H3,(H,10,11). The van der Waals surface area contributed by atoms with Crippen LogP contribution in [0.5, 0.6) is 0 Å². The molecule has 4 nitrogen and oxygen atoms in total. The van der Waals surface area contributed by atoms with Crippen molar-refractivity contribution in [1.82, 2.24) is 0 Å². The van der Waals surface area contributed by atoms with Crippen molar-refractivity contribution in [1.29, 1.82) is 0 Å². The largest absolute Gasteiger partial charge is 0.481 e. The molecule has 0 saturated carbocycles. The first-order chi connectivity index (χ1) is 6.13. The summed E-state index contributed by atoms with van der Waals surface area (Å²) < 4.78 is 10.5. The molecule has 0 aromatic carbocycles. The van der Waals surface area contributed by atoms with Crippen molar-refractivity contribution in [3.8, 4) is 0 Å². The Hall–Kier alpha value is -0.610. The SMILES string of the molecule is CCOCC1(C(=O)O)CCOC1C. The molecule has 0 radical (unpaired) electrons. The van der Waals surface area contributed by atoms with Gasteiger partial charge in [-0.1, -0.05) is 0 Å². The topological polar surface area (TPSA) is 55.8 Å². The molecule has 1 fully saturated rings. The van der Waals surface area contributed by atoms with Crippen molar-refractivity contribution in [3.63, 3.8) is 0 Å². The van der Waals surface area contributed by atoms with E-state index in [1.807, 2.05) is 6.92 Å². The zero-order valence-corrected chi connectivity index (χ0v) is 8.08. The molecule has 0 bridgehead atoms. The maximum atomic E-state index is 11.1. The van der Waals surface area contributed by atoms with Gasteiger partial charge in [0.05, 0.1) is 12.7 Å². The van der Waals surface area contributed by atoms with E-state index in [9.17, 15) is 4.79 Å². The number of rotatable bonds is 4.